The van der Waals surface area contributed by atoms with Gasteiger partial charge in [-0.15, -0.1) is 0 Å². The van der Waals surface area contributed by atoms with Crippen LogP contribution in [0.4, 0.5) is 5.82 Å². The van der Waals surface area contributed by atoms with Crippen LogP contribution in [0.2, 0.25) is 0 Å². The fourth-order valence-corrected chi connectivity index (χ4v) is 2.29. The predicted octanol–water partition coefficient (Wildman–Crippen LogP) is 2.04. The summed E-state index contributed by atoms with van der Waals surface area (Å²) in [6, 6.07) is 4.38. The Hall–Kier alpha value is -1.62. The Bertz CT molecular complexity index is 485. The number of anilines is 1. The van der Waals surface area contributed by atoms with E-state index in [1.54, 1.807) is 0 Å². The third-order valence-electron chi connectivity index (χ3n) is 3.69. The van der Waals surface area contributed by atoms with E-state index in [1.165, 1.54) is 12.8 Å². The van der Waals surface area contributed by atoms with Crippen LogP contribution in [-0.4, -0.2) is 48.5 Å². The van der Waals surface area contributed by atoms with Crippen molar-refractivity contribution < 1.29 is 4.79 Å². The summed E-state index contributed by atoms with van der Waals surface area (Å²) in [4.78, 5) is 18.9. The van der Waals surface area contributed by atoms with E-state index in [1.807, 2.05) is 19.1 Å². The number of aryl methyl sites for hydroxylation is 1. The van der Waals surface area contributed by atoms with Crippen LogP contribution in [0.3, 0.4) is 0 Å². The summed E-state index contributed by atoms with van der Waals surface area (Å²) in [5.41, 5.74) is 1.53. The van der Waals surface area contributed by atoms with Crippen molar-refractivity contribution in [2.24, 2.45) is 0 Å². The van der Waals surface area contributed by atoms with Crippen molar-refractivity contribution in [3.8, 4) is 0 Å². The Morgan fingerprint density at radius 3 is 2.81 bits per heavy atom. The van der Waals surface area contributed by atoms with Crippen LogP contribution in [0.5, 0.6) is 0 Å². The molecule has 1 heterocycles. The molecule has 1 saturated carbocycles. The maximum absolute atomic E-state index is 12.2. The molecule has 0 radical (unpaired) electrons. The lowest BCUT2D eigenvalue weighted by Crippen LogP contribution is -2.34. The smallest absolute Gasteiger partial charge is 0.251 e. The van der Waals surface area contributed by atoms with Crippen molar-refractivity contribution in [1.29, 1.82) is 0 Å². The minimum Gasteiger partial charge on any atom is -0.370 e. The second-order valence-electron chi connectivity index (χ2n) is 5.78. The molecule has 0 bridgehead atoms. The molecule has 2 N–H and O–H groups in total. The van der Waals surface area contributed by atoms with Gasteiger partial charge in [-0.2, -0.15) is 0 Å². The third kappa shape index (κ3) is 5.01. The third-order valence-corrected chi connectivity index (χ3v) is 3.69. The molecule has 1 amide bonds. The second kappa shape index (κ2) is 7.41. The van der Waals surface area contributed by atoms with E-state index in [4.69, 9.17) is 0 Å². The summed E-state index contributed by atoms with van der Waals surface area (Å²) in [5, 5.41) is 6.22. The van der Waals surface area contributed by atoms with Crippen molar-refractivity contribution in [2.45, 2.75) is 39.2 Å². The molecular weight excluding hydrogens is 264 g/mol. The van der Waals surface area contributed by atoms with E-state index in [2.05, 4.69) is 34.5 Å². The highest BCUT2D eigenvalue weighted by atomic mass is 16.1. The topological polar surface area (TPSA) is 57.3 Å². The van der Waals surface area contributed by atoms with Crippen molar-refractivity contribution in [3.63, 3.8) is 0 Å². The average molecular weight is 290 g/mol. The Kier molecular flexibility index (Phi) is 5.56. The summed E-state index contributed by atoms with van der Waals surface area (Å²) in [7, 11) is 2.12. The highest BCUT2D eigenvalue weighted by molar-refractivity contribution is 5.95. The molecule has 1 aromatic heterocycles. The normalized spacial score (nSPS) is 14.3. The van der Waals surface area contributed by atoms with E-state index in [-0.39, 0.29) is 5.91 Å². The Balaban J connectivity index is 1.86. The Morgan fingerprint density at radius 2 is 2.14 bits per heavy atom. The number of likely N-dealkylation sites (N-methyl/N-ethyl adjacent to an activating group) is 1. The van der Waals surface area contributed by atoms with Crippen LogP contribution in [0.1, 0.15) is 42.2 Å². The van der Waals surface area contributed by atoms with Crippen LogP contribution >= 0.6 is 0 Å². The van der Waals surface area contributed by atoms with Gasteiger partial charge in [-0.1, -0.05) is 6.92 Å². The molecule has 1 aliphatic rings. The van der Waals surface area contributed by atoms with E-state index >= 15 is 0 Å². The zero-order valence-corrected chi connectivity index (χ0v) is 13.3. The van der Waals surface area contributed by atoms with Crippen LogP contribution in [0.15, 0.2) is 12.1 Å². The van der Waals surface area contributed by atoms with Gasteiger partial charge >= 0.3 is 0 Å². The quantitative estimate of drug-likeness (QED) is 0.769. The average Bonchev–Trinajstić information content (AvgIpc) is 3.28. The fourth-order valence-electron chi connectivity index (χ4n) is 2.29. The van der Waals surface area contributed by atoms with Gasteiger partial charge in [0, 0.05) is 36.9 Å². The maximum atomic E-state index is 12.2. The summed E-state index contributed by atoms with van der Waals surface area (Å²) in [5.74, 6) is 0.751. The Labute approximate surface area is 127 Å². The lowest BCUT2D eigenvalue weighted by molar-refractivity contribution is 0.0949. The number of aromatic nitrogens is 1. The number of hydrogen-bond donors (Lipinski definition) is 2. The van der Waals surface area contributed by atoms with Gasteiger partial charge in [0.25, 0.3) is 5.91 Å². The number of nitrogens with zero attached hydrogens (tertiary/aromatic N) is 2. The summed E-state index contributed by atoms with van der Waals surface area (Å²) in [6.45, 7) is 6.47. The molecular formula is C16H26N4O. The minimum atomic E-state index is -0.0238. The highest BCUT2D eigenvalue weighted by Crippen LogP contribution is 2.24. The molecule has 21 heavy (non-hydrogen) atoms. The lowest BCUT2D eigenvalue weighted by Gasteiger charge is -2.16. The standard InChI is InChI=1S/C16H26N4O/c1-4-7-17-15-11-13(10-12(2)19-15)16(21)18-8-9-20(3)14-5-6-14/h10-11,14H,4-9H2,1-3H3,(H,17,19)(H,18,21). The maximum Gasteiger partial charge on any atom is 0.251 e. The summed E-state index contributed by atoms with van der Waals surface area (Å²) in [6.07, 6.45) is 3.62. The van der Waals surface area contributed by atoms with Crippen LogP contribution in [-0.2, 0) is 0 Å². The van der Waals surface area contributed by atoms with Crippen molar-refractivity contribution >= 4 is 11.7 Å². The van der Waals surface area contributed by atoms with E-state index in [9.17, 15) is 4.79 Å². The fraction of sp³-hybridized carbons (Fsp3) is 0.625. The highest BCUT2D eigenvalue weighted by Gasteiger charge is 2.25. The van der Waals surface area contributed by atoms with Gasteiger partial charge in [0.1, 0.15) is 5.82 Å². The van der Waals surface area contributed by atoms with Crippen molar-refractivity contribution in [3.05, 3.63) is 23.4 Å². The molecule has 0 atom stereocenters. The molecule has 0 unspecified atom stereocenters. The first kappa shape index (κ1) is 15.8. The monoisotopic (exact) mass is 290 g/mol. The van der Waals surface area contributed by atoms with Crippen LogP contribution in [0.25, 0.3) is 0 Å². The van der Waals surface area contributed by atoms with Gasteiger partial charge in [0.2, 0.25) is 0 Å². The van der Waals surface area contributed by atoms with Gasteiger partial charge in [-0.25, -0.2) is 4.98 Å². The van der Waals surface area contributed by atoms with Crippen LogP contribution < -0.4 is 10.6 Å². The SMILES string of the molecule is CCCNc1cc(C(=O)NCCN(C)C2CC2)cc(C)n1. The van der Waals surface area contributed by atoms with Gasteiger partial charge in [0.05, 0.1) is 0 Å². The first-order valence-corrected chi connectivity index (χ1v) is 7.81. The van der Waals surface area contributed by atoms with Gasteiger partial charge in [-0.3, -0.25) is 4.79 Å². The number of rotatable bonds is 8. The molecule has 0 aliphatic heterocycles. The molecule has 2 rings (SSSR count). The number of nitrogens with one attached hydrogen (secondary N) is 2. The first-order chi connectivity index (χ1) is 10.1. The molecule has 116 valence electrons. The number of amides is 1. The van der Waals surface area contributed by atoms with Crippen LogP contribution in [0, 0.1) is 6.92 Å². The number of carbonyl (C=O) groups is 1. The summed E-state index contributed by atoms with van der Waals surface area (Å²) >= 11 is 0. The molecule has 0 saturated heterocycles. The lowest BCUT2D eigenvalue weighted by atomic mass is 10.2. The van der Waals surface area contributed by atoms with Gasteiger partial charge in [0.15, 0.2) is 0 Å². The number of hydrogen-bond acceptors (Lipinski definition) is 4. The second-order valence-corrected chi connectivity index (χ2v) is 5.78. The molecule has 5 heteroatoms. The zero-order chi connectivity index (χ0) is 15.2. The largest absolute Gasteiger partial charge is 0.370 e. The Morgan fingerprint density at radius 1 is 1.38 bits per heavy atom. The summed E-state index contributed by atoms with van der Waals surface area (Å²) < 4.78 is 0. The molecule has 1 aromatic rings. The minimum absolute atomic E-state index is 0.0238. The van der Waals surface area contributed by atoms with Crippen molar-refractivity contribution in [2.75, 3.05) is 32.0 Å². The number of pyridine rings is 1. The number of carbonyl (C=O) groups excluding carboxylic acids is 1. The van der Waals surface area contributed by atoms with E-state index in [0.29, 0.717) is 12.1 Å². The first-order valence-electron chi connectivity index (χ1n) is 7.81. The van der Waals surface area contributed by atoms with E-state index < -0.39 is 0 Å². The van der Waals surface area contributed by atoms with Gasteiger partial charge in [-0.05, 0) is 45.4 Å². The molecule has 0 aromatic carbocycles. The van der Waals surface area contributed by atoms with Gasteiger partial charge < -0.3 is 15.5 Å². The predicted molar refractivity (Wildman–Crippen MR) is 85.7 cm³/mol. The molecule has 0 spiro atoms. The zero-order valence-electron chi connectivity index (χ0n) is 13.3. The molecule has 1 aliphatic carbocycles. The molecule has 5 nitrogen and oxygen atoms in total. The van der Waals surface area contributed by atoms with E-state index in [0.717, 1.165) is 37.1 Å². The molecule has 1 fully saturated rings. The van der Waals surface area contributed by atoms with Crippen molar-refractivity contribution in [1.82, 2.24) is 15.2 Å².